The Morgan fingerprint density at radius 1 is 1.25 bits per heavy atom. The van der Waals surface area contributed by atoms with Crippen molar-refractivity contribution < 1.29 is 4.79 Å². The van der Waals surface area contributed by atoms with E-state index in [1.165, 1.54) is 0 Å². The molecule has 3 aromatic rings. The standard InChI is InChI=1S/C17H20ClN5O/c1-4-6-11-9-15(23(3)20-11)17(24)19-10-13-16-12(18)7-5-8-14(16)22(2)21-13/h5,7-9H,4,6,10H2,1-3H3,(H,19,24). The van der Waals surface area contributed by atoms with E-state index >= 15 is 0 Å². The van der Waals surface area contributed by atoms with Gasteiger partial charge in [-0.05, 0) is 24.6 Å². The predicted octanol–water partition coefficient (Wildman–Crippen LogP) is 2.84. The number of fused-ring (bicyclic) bond motifs is 1. The van der Waals surface area contributed by atoms with E-state index in [2.05, 4.69) is 22.4 Å². The highest BCUT2D eigenvalue weighted by Gasteiger charge is 2.16. The van der Waals surface area contributed by atoms with Gasteiger partial charge in [0.1, 0.15) is 5.69 Å². The van der Waals surface area contributed by atoms with Gasteiger partial charge in [0.25, 0.3) is 5.91 Å². The Kier molecular flexibility index (Phi) is 4.57. The molecule has 7 heteroatoms. The minimum absolute atomic E-state index is 0.168. The summed E-state index contributed by atoms with van der Waals surface area (Å²) in [5.74, 6) is -0.168. The maximum atomic E-state index is 12.4. The average molecular weight is 346 g/mol. The first-order valence-electron chi connectivity index (χ1n) is 7.92. The van der Waals surface area contributed by atoms with Crippen LogP contribution in [0.4, 0.5) is 0 Å². The number of nitrogens with one attached hydrogen (secondary N) is 1. The molecule has 2 aromatic heterocycles. The van der Waals surface area contributed by atoms with Gasteiger partial charge in [-0.25, -0.2) is 0 Å². The molecule has 3 rings (SSSR count). The summed E-state index contributed by atoms with van der Waals surface area (Å²) >= 11 is 6.29. The fourth-order valence-corrected chi connectivity index (χ4v) is 3.13. The smallest absolute Gasteiger partial charge is 0.269 e. The second-order valence-electron chi connectivity index (χ2n) is 5.78. The first-order chi connectivity index (χ1) is 11.5. The molecule has 1 aromatic carbocycles. The molecule has 0 aliphatic heterocycles. The molecule has 1 N–H and O–H groups in total. The molecule has 0 saturated heterocycles. The summed E-state index contributed by atoms with van der Waals surface area (Å²) in [5.41, 5.74) is 3.17. The fourth-order valence-electron chi connectivity index (χ4n) is 2.85. The largest absolute Gasteiger partial charge is 0.345 e. The van der Waals surface area contributed by atoms with Crippen LogP contribution in [0.1, 0.15) is 35.2 Å². The Balaban J connectivity index is 1.80. The third kappa shape index (κ3) is 3.01. The molecule has 1 amide bonds. The van der Waals surface area contributed by atoms with Crippen molar-refractivity contribution in [1.29, 1.82) is 0 Å². The third-order valence-corrected chi connectivity index (χ3v) is 4.30. The van der Waals surface area contributed by atoms with E-state index in [4.69, 9.17) is 11.6 Å². The van der Waals surface area contributed by atoms with E-state index in [0.29, 0.717) is 17.3 Å². The number of carbonyl (C=O) groups excluding carboxylic acids is 1. The number of halogens is 1. The Morgan fingerprint density at radius 2 is 2.04 bits per heavy atom. The first kappa shape index (κ1) is 16.5. The number of amides is 1. The maximum absolute atomic E-state index is 12.4. The van der Waals surface area contributed by atoms with Gasteiger partial charge in [0, 0.05) is 19.5 Å². The monoisotopic (exact) mass is 345 g/mol. The zero-order valence-corrected chi connectivity index (χ0v) is 14.8. The molecule has 0 radical (unpaired) electrons. The normalized spacial score (nSPS) is 11.2. The Morgan fingerprint density at radius 3 is 2.79 bits per heavy atom. The number of hydrogen-bond donors (Lipinski definition) is 1. The van der Waals surface area contributed by atoms with Crippen LogP contribution in [0.3, 0.4) is 0 Å². The van der Waals surface area contributed by atoms with Crippen LogP contribution in [-0.2, 0) is 27.1 Å². The Bertz CT molecular complexity index is 896. The summed E-state index contributed by atoms with van der Waals surface area (Å²) in [7, 11) is 3.64. The van der Waals surface area contributed by atoms with Crippen LogP contribution in [0.2, 0.25) is 5.02 Å². The number of benzene rings is 1. The summed E-state index contributed by atoms with van der Waals surface area (Å²) in [6.07, 6.45) is 1.86. The molecule has 0 spiro atoms. The Hall–Kier alpha value is -2.34. The molecule has 0 atom stereocenters. The van der Waals surface area contributed by atoms with E-state index < -0.39 is 0 Å². The van der Waals surface area contributed by atoms with Crippen LogP contribution >= 0.6 is 11.6 Å². The van der Waals surface area contributed by atoms with Crippen LogP contribution in [-0.4, -0.2) is 25.5 Å². The van der Waals surface area contributed by atoms with Crippen LogP contribution in [0.15, 0.2) is 24.3 Å². The van der Waals surface area contributed by atoms with Crippen molar-refractivity contribution in [1.82, 2.24) is 24.9 Å². The average Bonchev–Trinajstić information content (AvgIpc) is 3.07. The summed E-state index contributed by atoms with van der Waals surface area (Å²) in [6.45, 7) is 2.40. The molecule has 6 nitrogen and oxygen atoms in total. The van der Waals surface area contributed by atoms with Gasteiger partial charge in [0.2, 0.25) is 0 Å². The van der Waals surface area contributed by atoms with Gasteiger partial charge < -0.3 is 5.32 Å². The van der Waals surface area contributed by atoms with Gasteiger partial charge in [-0.15, -0.1) is 0 Å². The van der Waals surface area contributed by atoms with Crippen molar-refractivity contribution >= 4 is 28.4 Å². The quantitative estimate of drug-likeness (QED) is 0.773. The SMILES string of the molecule is CCCc1cc(C(=O)NCc2nn(C)c3cccc(Cl)c23)n(C)n1. The second-order valence-corrected chi connectivity index (χ2v) is 6.19. The summed E-state index contributed by atoms with van der Waals surface area (Å²) in [5, 5.41) is 13.2. The predicted molar refractivity (Wildman–Crippen MR) is 94.1 cm³/mol. The molecule has 24 heavy (non-hydrogen) atoms. The van der Waals surface area contributed by atoms with Crippen molar-refractivity contribution in [3.8, 4) is 0 Å². The molecule has 0 aliphatic rings. The second kappa shape index (κ2) is 6.65. The van der Waals surface area contributed by atoms with Gasteiger partial charge >= 0.3 is 0 Å². The zero-order valence-electron chi connectivity index (χ0n) is 14.0. The lowest BCUT2D eigenvalue weighted by molar-refractivity contribution is 0.0941. The van der Waals surface area contributed by atoms with Crippen LogP contribution in [0.25, 0.3) is 10.9 Å². The number of hydrogen-bond acceptors (Lipinski definition) is 3. The number of nitrogens with zero attached hydrogens (tertiary/aromatic N) is 4. The van der Waals surface area contributed by atoms with Gasteiger partial charge in [-0.3, -0.25) is 14.2 Å². The van der Waals surface area contributed by atoms with Gasteiger partial charge in [-0.1, -0.05) is 31.0 Å². The molecule has 0 bridgehead atoms. The van der Waals surface area contributed by atoms with Gasteiger partial charge in [-0.2, -0.15) is 10.2 Å². The lowest BCUT2D eigenvalue weighted by atomic mass is 10.2. The summed E-state index contributed by atoms with van der Waals surface area (Å²) < 4.78 is 3.38. The van der Waals surface area contributed by atoms with Crippen molar-refractivity contribution in [2.75, 3.05) is 0 Å². The molecule has 0 fully saturated rings. The van der Waals surface area contributed by atoms with Crippen LogP contribution < -0.4 is 5.32 Å². The highest BCUT2D eigenvalue weighted by Crippen LogP contribution is 2.26. The Labute approximate surface area is 145 Å². The number of carbonyl (C=O) groups is 1. The minimum Gasteiger partial charge on any atom is -0.345 e. The molecule has 2 heterocycles. The summed E-state index contributed by atoms with van der Waals surface area (Å²) in [4.78, 5) is 12.4. The number of rotatable bonds is 5. The highest BCUT2D eigenvalue weighted by atomic mass is 35.5. The lowest BCUT2D eigenvalue weighted by Gasteiger charge is -2.04. The fraction of sp³-hybridized carbons (Fsp3) is 0.353. The maximum Gasteiger partial charge on any atom is 0.269 e. The van der Waals surface area contributed by atoms with Gasteiger partial charge in [0.05, 0.1) is 28.5 Å². The van der Waals surface area contributed by atoms with Gasteiger partial charge in [0.15, 0.2) is 0 Å². The topological polar surface area (TPSA) is 64.7 Å². The van der Waals surface area contributed by atoms with Crippen molar-refractivity contribution in [2.24, 2.45) is 14.1 Å². The first-order valence-corrected chi connectivity index (χ1v) is 8.30. The number of aryl methyl sites for hydroxylation is 3. The molecular formula is C17H20ClN5O. The van der Waals surface area contributed by atoms with Crippen LogP contribution in [0, 0.1) is 0 Å². The lowest BCUT2D eigenvalue weighted by Crippen LogP contribution is -2.25. The van der Waals surface area contributed by atoms with Crippen molar-refractivity contribution in [2.45, 2.75) is 26.3 Å². The molecule has 0 saturated carbocycles. The molecule has 0 unspecified atom stereocenters. The van der Waals surface area contributed by atoms with Crippen LogP contribution in [0.5, 0.6) is 0 Å². The van der Waals surface area contributed by atoms with E-state index in [9.17, 15) is 4.79 Å². The molecule has 126 valence electrons. The molecular weight excluding hydrogens is 326 g/mol. The summed E-state index contributed by atoms with van der Waals surface area (Å²) in [6, 6.07) is 7.51. The number of aromatic nitrogens is 4. The zero-order chi connectivity index (χ0) is 17.3. The van der Waals surface area contributed by atoms with E-state index in [1.807, 2.05) is 31.3 Å². The van der Waals surface area contributed by atoms with E-state index in [-0.39, 0.29) is 5.91 Å². The molecule has 0 aliphatic carbocycles. The minimum atomic E-state index is -0.168. The highest BCUT2D eigenvalue weighted by molar-refractivity contribution is 6.35. The van der Waals surface area contributed by atoms with E-state index in [0.717, 1.165) is 35.1 Å². The van der Waals surface area contributed by atoms with E-state index in [1.54, 1.807) is 16.4 Å². The third-order valence-electron chi connectivity index (χ3n) is 3.99. The van der Waals surface area contributed by atoms with Crippen molar-refractivity contribution in [3.63, 3.8) is 0 Å². The van der Waals surface area contributed by atoms with Crippen molar-refractivity contribution in [3.05, 3.63) is 46.4 Å².